The van der Waals surface area contributed by atoms with Gasteiger partial charge in [-0.2, -0.15) is 10.2 Å². The number of aromatic nitrogens is 4. The van der Waals surface area contributed by atoms with Crippen LogP contribution in [-0.4, -0.2) is 39.3 Å². The van der Waals surface area contributed by atoms with Gasteiger partial charge in [0.2, 0.25) is 5.91 Å². The van der Waals surface area contributed by atoms with E-state index in [1.165, 1.54) is 19.2 Å². The van der Waals surface area contributed by atoms with E-state index in [4.69, 9.17) is 0 Å². The van der Waals surface area contributed by atoms with Crippen LogP contribution in [0, 0.1) is 5.82 Å². The zero-order chi connectivity index (χ0) is 18.3. The van der Waals surface area contributed by atoms with E-state index < -0.39 is 5.92 Å². The minimum Gasteiger partial charge on any atom is -0.354 e. The summed E-state index contributed by atoms with van der Waals surface area (Å²) in [4.78, 5) is 24.3. The average Bonchev–Trinajstić information content (AvgIpc) is 3.28. The number of carbonyl (C=O) groups is 2. The Balaban J connectivity index is 1.84. The van der Waals surface area contributed by atoms with Gasteiger partial charge >= 0.3 is 0 Å². The molecule has 132 valence electrons. The summed E-state index contributed by atoms with van der Waals surface area (Å²) in [5, 5.41) is 19.0. The molecule has 3 aromatic rings. The average molecular weight is 354 g/mol. The monoisotopic (exact) mass is 354 g/mol. The Morgan fingerprint density at radius 1 is 1.27 bits per heavy atom. The molecule has 0 saturated heterocycles. The fraction of sp³-hybridized carbons (Fsp3) is 0.176. The lowest BCUT2D eigenvalue weighted by Crippen LogP contribution is -2.26. The molecule has 1 atom stereocenters. The fourth-order valence-electron chi connectivity index (χ4n) is 3.23. The second-order valence-electron chi connectivity index (χ2n) is 5.95. The Hall–Kier alpha value is -3.49. The van der Waals surface area contributed by atoms with Crippen LogP contribution in [0.15, 0.2) is 30.5 Å². The molecule has 4 N–H and O–H groups in total. The summed E-state index contributed by atoms with van der Waals surface area (Å²) < 4.78 is 13.2. The summed E-state index contributed by atoms with van der Waals surface area (Å²) in [5.41, 5.74) is 3.03. The number of amides is 2. The Morgan fingerprint density at radius 3 is 2.77 bits per heavy atom. The number of nitrogens with one attached hydrogen (secondary N) is 4. The number of benzene rings is 1. The Kier molecular flexibility index (Phi) is 3.76. The summed E-state index contributed by atoms with van der Waals surface area (Å²) in [7, 11) is 1.52. The minimum absolute atomic E-state index is 0.143. The van der Waals surface area contributed by atoms with Gasteiger partial charge < -0.3 is 10.6 Å². The molecule has 26 heavy (non-hydrogen) atoms. The molecule has 4 rings (SSSR count). The first kappa shape index (κ1) is 16.0. The lowest BCUT2D eigenvalue weighted by atomic mass is 9.84. The SMILES string of the molecule is CNC(=O)c1[nH]nc2c1[C@@H](c1cn[nH]c1-c1ccc(F)cc1)CC(=O)N2. The highest BCUT2D eigenvalue weighted by atomic mass is 19.1. The van der Waals surface area contributed by atoms with E-state index in [2.05, 4.69) is 31.0 Å². The number of aromatic amines is 2. The Labute approximate surface area is 147 Å². The molecular formula is C17H15FN6O2. The maximum absolute atomic E-state index is 13.2. The minimum atomic E-state index is -0.413. The van der Waals surface area contributed by atoms with Crippen molar-refractivity contribution in [3.8, 4) is 11.3 Å². The third-order valence-electron chi connectivity index (χ3n) is 4.43. The number of halogens is 1. The van der Waals surface area contributed by atoms with Crippen molar-refractivity contribution < 1.29 is 14.0 Å². The second-order valence-corrected chi connectivity index (χ2v) is 5.95. The van der Waals surface area contributed by atoms with Crippen molar-refractivity contribution in [3.05, 3.63) is 53.1 Å². The number of carbonyl (C=O) groups excluding carboxylic acids is 2. The van der Waals surface area contributed by atoms with E-state index in [0.29, 0.717) is 22.8 Å². The van der Waals surface area contributed by atoms with Crippen LogP contribution in [-0.2, 0) is 4.79 Å². The van der Waals surface area contributed by atoms with Crippen molar-refractivity contribution in [1.29, 1.82) is 0 Å². The molecule has 2 amide bonds. The molecule has 0 saturated carbocycles. The van der Waals surface area contributed by atoms with Crippen LogP contribution >= 0.6 is 0 Å². The third-order valence-corrected chi connectivity index (χ3v) is 4.43. The van der Waals surface area contributed by atoms with Crippen molar-refractivity contribution in [3.63, 3.8) is 0 Å². The van der Waals surface area contributed by atoms with Crippen LogP contribution < -0.4 is 10.6 Å². The predicted octanol–water partition coefficient (Wildman–Crippen LogP) is 1.77. The van der Waals surface area contributed by atoms with Crippen LogP contribution in [0.3, 0.4) is 0 Å². The molecule has 0 unspecified atom stereocenters. The molecule has 9 heteroatoms. The molecule has 8 nitrogen and oxygen atoms in total. The Morgan fingerprint density at radius 2 is 2.04 bits per heavy atom. The summed E-state index contributed by atoms with van der Waals surface area (Å²) >= 11 is 0. The largest absolute Gasteiger partial charge is 0.354 e. The van der Waals surface area contributed by atoms with Gasteiger partial charge in [0.25, 0.3) is 5.91 Å². The van der Waals surface area contributed by atoms with E-state index in [0.717, 1.165) is 11.1 Å². The van der Waals surface area contributed by atoms with Crippen LogP contribution in [0.1, 0.15) is 34.0 Å². The maximum Gasteiger partial charge on any atom is 0.269 e. The van der Waals surface area contributed by atoms with E-state index in [-0.39, 0.29) is 24.1 Å². The molecule has 1 aliphatic rings. The van der Waals surface area contributed by atoms with Gasteiger partial charge in [0.1, 0.15) is 11.5 Å². The van der Waals surface area contributed by atoms with Crippen molar-refractivity contribution >= 4 is 17.6 Å². The molecular weight excluding hydrogens is 339 g/mol. The molecule has 0 spiro atoms. The van der Waals surface area contributed by atoms with Crippen molar-refractivity contribution in [2.24, 2.45) is 0 Å². The number of rotatable bonds is 3. The molecule has 0 aliphatic carbocycles. The van der Waals surface area contributed by atoms with Crippen LogP contribution in [0.4, 0.5) is 10.2 Å². The molecule has 0 radical (unpaired) electrons. The first-order valence-electron chi connectivity index (χ1n) is 7.98. The zero-order valence-electron chi connectivity index (χ0n) is 13.8. The van der Waals surface area contributed by atoms with Gasteiger partial charge in [-0.25, -0.2) is 4.39 Å². The quantitative estimate of drug-likeness (QED) is 0.574. The standard InChI is InChI=1S/C17H15FN6O2/c1-19-17(26)15-13-10(6-12(25)21-16(13)24-23-15)11-7-20-22-14(11)8-2-4-9(18)5-3-8/h2-5,7,10H,6H2,1H3,(H,19,26)(H,20,22)(H2,21,23,24,25)/t10-/m1/s1. The van der Waals surface area contributed by atoms with Gasteiger partial charge in [0, 0.05) is 36.1 Å². The predicted molar refractivity (Wildman–Crippen MR) is 91.0 cm³/mol. The number of fused-ring (bicyclic) bond motifs is 1. The summed E-state index contributed by atoms with van der Waals surface area (Å²) in [6, 6.07) is 5.97. The van der Waals surface area contributed by atoms with Crippen LogP contribution in [0.25, 0.3) is 11.3 Å². The third kappa shape index (κ3) is 2.53. The van der Waals surface area contributed by atoms with Crippen LogP contribution in [0.5, 0.6) is 0 Å². The van der Waals surface area contributed by atoms with Gasteiger partial charge in [-0.05, 0) is 24.3 Å². The van der Waals surface area contributed by atoms with Gasteiger partial charge in [0.05, 0.1) is 11.9 Å². The van der Waals surface area contributed by atoms with Crippen LogP contribution in [0.2, 0.25) is 0 Å². The summed E-state index contributed by atoms with van der Waals surface area (Å²) in [6.45, 7) is 0. The van der Waals surface area contributed by atoms with Crippen molar-refractivity contribution in [2.75, 3.05) is 12.4 Å². The number of anilines is 1. The number of hydrogen-bond donors (Lipinski definition) is 4. The molecule has 1 aliphatic heterocycles. The highest BCUT2D eigenvalue weighted by Gasteiger charge is 2.35. The first-order valence-corrected chi connectivity index (χ1v) is 7.98. The summed E-state index contributed by atoms with van der Waals surface area (Å²) in [5.74, 6) is -0.957. The normalized spacial score (nSPS) is 16.1. The number of nitrogens with zero attached hydrogens (tertiary/aromatic N) is 2. The van der Waals surface area contributed by atoms with E-state index >= 15 is 0 Å². The molecule has 0 bridgehead atoms. The first-order chi connectivity index (χ1) is 12.6. The van der Waals surface area contributed by atoms with Gasteiger partial charge in [0.15, 0.2) is 5.82 Å². The maximum atomic E-state index is 13.2. The summed E-state index contributed by atoms with van der Waals surface area (Å²) in [6.07, 6.45) is 1.76. The molecule has 0 fully saturated rings. The lowest BCUT2D eigenvalue weighted by Gasteiger charge is -2.23. The number of H-pyrrole nitrogens is 2. The second kappa shape index (κ2) is 6.10. The fourth-order valence-corrected chi connectivity index (χ4v) is 3.23. The van der Waals surface area contributed by atoms with Gasteiger partial charge in [-0.15, -0.1) is 0 Å². The highest BCUT2D eigenvalue weighted by Crippen LogP contribution is 2.41. The van der Waals surface area contributed by atoms with E-state index in [9.17, 15) is 14.0 Å². The van der Waals surface area contributed by atoms with Crippen molar-refractivity contribution in [1.82, 2.24) is 25.7 Å². The Bertz CT molecular complexity index is 991. The van der Waals surface area contributed by atoms with Crippen molar-refractivity contribution in [2.45, 2.75) is 12.3 Å². The number of hydrogen-bond acceptors (Lipinski definition) is 4. The van der Waals surface area contributed by atoms with E-state index in [1.807, 2.05) is 0 Å². The smallest absolute Gasteiger partial charge is 0.269 e. The van der Waals surface area contributed by atoms with Gasteiger partial charge in [-0.1, -0.05) is 0 Å². The zero-order valence-corrected chi connectivity index (χ0v) is 13.8. The topological polar surface area (TPSA) is 116 Å². The molecule has 2 aromatic heterocycles. The highest BCUT2D eigenvalue weighted by molar-refractivity contribution is 6.00. The lowest BCUT2D eigenvalue weighted by molar-refractivity contribution is -0.116. The van der Waals surface area contributed by atoms with E-state index in [1.54, 1.807) is 18.3 Å². The molecule has 1 aromatic carbocycles. The molecule has 3 heterocycles. The van der Waals surface area contributed by atoms with Gasteiger partial charge in [-0.3, -0.25) is 19.8 Å².